The van der Waals surface area contributed by atoms with Crippen LogP contribution >= 0.6 is 15.9 Å². The molecule has 1 aromatic heterocycles. The number of ether oxygens (including phenoxy) is 1. The van der Waals surface area contributed by atoms with Gasteiger partial charge in [-0.15, -0.1) is 0 Å². The Kier molecular flexibility index (Phi) is 7.06. The van der Waals surface area contributed by atoms with Gasteiger partial charge in [0.2, 0.25) is 0 Å². The molecule has 0 saturated heterocycles. The summed E-state index contributed by atoms with van der Waals surface area (Å²) in [6, 6.07) is 8.05. The molecule has 31 heavy (non-hydrogen) atoms. The van der Waals surface area contributed by atoms with Gasteiger partial charge in [-0.1, -0.05) is 46.7 Å². The van der Waals surface area contributed by atoms with Gasteiger partial charge in [0, 0.05) is 5.56 Å². The van der Waals surface area contributed by atoms with Crippen LogP contribution in [0.4, 0.5) is 0 Å². The first-order chi connectivity index (χ1) is 14.6. The summed E-state index contributed by atoms with van der Waals surface area (Å²) in [6.07, 6.45) is 1.44. The summed E-state index contributed by atoms with van der Waals surface area (Å²) in [5.41, 5.74) is 2.45. The van der Waals surface area contributed by atoms with E-state index in [0.29, 0.717) is 34.7 Å². The molecule has 5 nitrogen and oxygen atoms in total. The molecule has 1 heterocycles. The average molecular weight is 509 g/mol. The lowest BCUT2D eigenvalue weighted by Gasteiger charge is -2.42. The van der Waals surface area contributed by atoms with Crippen LogP contribution in [-0.4, -0.2) is 26.1 Å². The lowest BCUT2D eigenvalue weighted by atomic mass is 10.0. The summed E-state index contributed by atoms with van der Waals surface area (Å²) < 4.78 is 18.4. The van der Waals surface area contributed by atoms with Gasteiger partial charge in [0.05, 0.1) is 11.1 Å². The molecule has 0 N–H and O–H groups in total. The maximum absolute atomic E-state index is 12.4. The van der Waals surface area contributed by atoms with Gasteiger partial charge in [-0.05, 0) is 76.6 Å². The third-order valence-corrected chi connectivity index (χ3v) is 13.4. The van der Waals surface area contributed by atoms with Gasteiger partial charge >= 0.3 is 5.97 Å². The number of benzene rings is 1. The lowest BCUT2D eigenvalue weighted by Crippen LogP contribution is -2.50. The Hall–Kier alpha value is -1.60. The highest BCUT2D eigenvalue weighted by Gasteiger charge is 2.57. The molecule has 0 atom stereocenters. The quantitative estimate of drug-likeness (QED) is 0.264. The second-order valence-corrected chi connectivity index (χ2v) is 15.6. The maximum Gasteiger partial charge on any atom is 0.319 e. The summed E-state index contributed by atoms with van der Waals surface area (Å²) in [7, 11) is -2.00. The summed E-state index contributed by atoms with van der Waals surface area (Å²) >= 11 is 3.62. The van der Waals surface area contributed by atoms with Crippen LogP contribution in [0.2, 0.25) is 16.6 Å². The number of aromatic nitrogens is 1. The van der Waals surface area contributed by atoms with E-state index in [4.69, 9.17) is 13.7 Å². The monoisotopic (exact) mass is 507 g/mol. The lowest BCUT2D eigenvalue weighted by molar-refractivity contribution is -0.146. The zero-order valence-electron chi connectivity index (χ0n) is 19.6. The van der Waals surface area contributed by atoms with Crippen molar-refractivity contribution in [2.45, 2.75) is 83.3 Å². The zero-order valence-corrected chi connectivity index (χ0v) is 22.2. The van der Waals surface area contributed by atoms with Crippen LogP contribution in [0.15, 0.2) is 33.3 Å². The molecule has 0 amide bonds. The van der Waals surface area contributed by atoms with E-state index in [2.05, 4.69) is 62.6 Å². The van der Waals surface area contributed by atoms with Crippen molar-refractivity contribution < 1.29 is 18.5 Å². The highest BCUT2D eigenvalue weighted by atomic mass is 79.9. The number of hydrogen-bond donors (Lipinski definition) is 0. The maximum atomic E-state index is 12.4. The normalized spacial score (nSPS) is 15.6. The minimum atomic E-state index is -2.00. The Morgan fingerprint density at radius 3 is 2.10 bits per heavy atom. The van der Waals surface area contributed by atoms with Gasteiger partial charge in [0.25, 0.3) is 8.32 Å². The van der Waals surface area contributed by atoms with E-state index in [1.807, 2.05) is 31.2 Å². The van der Waals surface area contributed by atoms with E-state index < -0.39 is 13.7 Å². The van der Waals surface area contributed by atoms with Crippen molar-refractivity contribution in [3.63, 3.8) is 0 Å². The molecule has 1 aromatic carbocycles. The van der Waals surface area contributed by atoms with E-state index >= 15 is 0 Å². The first-order valence-electron chi connectivity index (χ1n) is 11.2. The van der Waals surface area contributed by atoms with Crippen LogP contribution in [0.5, 0.6) is 5.75 Å². The molecule has 0 bridgehead atoms. The molecular weight excluding hydrogens is 474 g/mol. The molecule has 3 rings (SSSR count). The molecule has 170 valence electrons. The molecule has 0 aliphatic heterocycles. The topological polar surface area (TPSA) is 61.6 Å². The largest absolute Gasteiger partial charge is 0.543 e. The summed E-state index contributed by atoms with van der Waals surface area (Å²) in [5, 5.41) is 4.26. The Morgan fingerprint density at radius 2 is 1.65 bits per heavy atom. The number of rotatable bonds is 9. The molecule has 0 unspecified atom stereocenters. The Balaban J connectivity index is 1.86. The first-order valence-corrected chi connectivity index (χ1v) is 14.2. The predicted molar refractivity (Wildman–Crippen MR) is 129 cm³/mol. The van der Waals surface area contributed by atoms with Crippen LogP contribution < -0.4 is 4.43 Å². The van der Waals surface area contributed by atoms with Crippen molar-refractivity contribution in [1.29, 1.82) is 0 Å². The number of halogens is 1. The van der Waals surface area contributed by atoms with E-state index in [1.165, 1.54) is 0 Å². The fourth-order valence-corrected chi connectivity index (χ4v) is 10.9. The molecule has 0 radical (unpaired) electrons. The van der Waals surface area contributed by atoms with Crippen molar-refractivity contribution in [1.82, 2.24) is 5.16 Å². The molecule has 1 fully saturated rings. The third-order valence-electron chi connectivity index (χ3n) is 6.62. The van der Waals surface area contributed by atoms with Gasteiger partial charge in [-0.25, -0.2) is 0 Å². The van der Waals surface area contributed by atoms with Gasteiger partial charge in [-0.2, -0.15) is 0 Å². The summed E-state index contributed by atoms with van der Waals surface area (Å²) in [5.74, 6) is 1.23. The minimum Gasteiger partial charge on any atom is -0.543 e. The summed E-state index contributed by atoms with van der Waals surface area (Å²) in [4.78, 5) is 12.4. The molecule has 7 heteroatoms. The van der Waals surface area contributed by atoms with Crippen molar-refractivity contribution in [3.05, 3.63) is 34.5 Å². The predicted octanol–water partition coefficient (Wildman–Crippen LogP) is 7.25. The van der Waals surface area contributed by atoms with Crippen LogP contribution in [-0.2, 0) is 14.9 Å². The second-order valence-electron chi connectivity index (χ2n) is 9.42. The van der Waals surface area contributed by atoms with Gasteiger partial charge in [0.15, 0.2) is 5.76 Å². The number of hydrogen-bond acceptors (Lipinski definition) is 5. The van der Waals surface area contributed by atoms with Gasteiger partial charge in [0.1, 0.15) is 16.9 Å². The highest BCUT2D eigenvalue weighted by molar-refractivity contribution is 9.10. The van der Waals surface area contributed by atoms with E-state index in [0.717, 1.165) is 28.6 Å². The average Bonchev–Trinajstić information content (AvgIpc) is 3.42. The Bertz CT molecular complexity index is 894. The summed E-state index contributed by atoms with van der Waals surface area (Å²) in [6.45, 7) is 15.9. The highest BCUT2D eigenvalue weighted by Crippen LogP contribution is 2.53. The van der Waals surface area contributed by atoms with E-state index in [9.17, 15) is 4.79 Å². The number of carbonyl (C=O) groups is 1. The van der Waals surface area contributed by atoms with Gasteiger partial charge in [-0.3, -0.25) is 4.79 Å². The molecule has 1 saturated carbocycles. The van der Waals surface area contributed by atoms with Crippen molar-refractivity contribution in [2.75, 3.05) is 6.61 Å². The minimum absolute atomic E-state index is 0.237. The number of esters is 1. The SMILES string of the molecule is CCOC(=O)C1(c2onc(-c3ccc(O[Si](C(C)C)(C(C)C)C(C)C)cc3)c2Br)CC1. The second kappa shape index (κ2) is 9.10. The molecule has 0 spiro atoms. The number of nitrogens with zero attached hydrogens (tertiary/aromatic N) is 1. The fraction of sp³-hybridized carbons (Fsp3) is 0.583. The van der Waals surface area contributed by atoms with Crippen molar-refractivity contribution in [2.24, 2.45) is 0 Å². The number of carbonyl (C=O) groups excluding carboxylic acids is 1. The third kappa shape index (κ3) is 4.23. The Labute approximate surface area is 195 Å². The molecule has 1 aliphatic rings. The standard InChI is InChI=1S/C24H34BrNO4Si/c1-8-28-23(27)24(13-14-24)22-20(25)21(26-29-22)18-9-11-19(12-10-18)30-31(15(2)3,16(4)5)17(6)7/h9-12,15-17H,8,13-14H2,1-7H3. The molecular formula is C24H34BrNO4Si. The Morgan fingerprint density at radius 1 is 1.10 bits per heavy atom. The van der Waals surface area contributed by atoms with E-state index in [1.54, 1.807) is 0 Å². The van der Waals surface area contributed by atoms with Crippen molar-refractivity contribution >= 4 is 30.2 Å². The first kappa shape index (κ1) is 24.0. The molecule has 2 aromatic rings. The van der Waals surface area contributed by atoms with E-state index in [-0.39, 0.29) is 5.97 Å². The van der Waals surface area contributed by atoms with Crippen LogP contribution in [0.25, 0.3) is 11.3 Å². The molecule has 1 aliphatic carbocycles. The fourth-order valence-electron chi connectivity index (χ4n) is 4.91. The zero-order chi connectivity index (χ0) is 23.0. The van der Waals surface area contributed by atoms with Crippen molar-refractivity contribution in [3.8, 4) is 17.0 Å². The van der Waals surface area contributed by atoms with Crippen LogP contribution in [0.1, 0.15) is 67.1 Å². The van der Waals surface area contributed by atoms with Crippen LogP contribution in [0.3, 0.4) is 0 Å². The van der Waals surface area contributed by atoms with Crippen LogP contribution in [0, 0.1) is 0 Å². The van der Waals surface area contributed by atoms with Gasteiger partial charge < -0.3 is 13.7 Å². The smallest absolute Gasteiger partial charge is 0.319 e.